The number of allylic oxidation sites excluding steroid dienone is 1. The number of aromatic nitrogens is 1. The maximum absolute atomic E-state index is 11.2. The number of aromatic hydroxyl groups is 1. The fourth-order valence-corrected chi connectivity index (χ4v) is 1.04. The molecule has 12 heavy (non-hydrogen) atoms. The molecule has 64 valence electrons. The largest absolute Gasteiger partial charge is 0.507 e. The van der Waals surface area contributed by atoms with Crippen LogP contribution < -0.4 is 5.56 Å². The van der Waals surface area contributed by atoms with Crippen molar-refractivity contribution in [2.45, 2.75) is 13.3 Å². The minimum Gasteiger partial charge on any atom is -0.507 e. The molecule has 0 saturated heterocycles. The molecule has 1 rings (SSSR count). The summed E-state index contributed by atoms with van der Waals surface area (Å²) in [6, 6.07) is 1.53. The van der Waals surface area contributed by atoms with Crippen molar-refractivity contribution in [3.63, 3.8) is 0 Å². The van der Waals surface area contributed by atoms with Gasteiger partial charge in [-0.2, -0.15) is 0 Å². The fourth-order valence-electron chi connectivity index (χ4n) is 1.04. The van der Waals surface area contributed by atoms with E-state index >= 15 is 0 Å². The van der Waals surface area contributed by atoms with E-state index in [1.165, 1.54) is 6.07 Å². The number of nitrogens with one attached hydrogen (secondary N) is 1. The smallest absolute Gasteiger partial charge is 0.255 e. The van der Waals surface area contributed by atoms with Crippen LogP contribution in [0.3, 0.4) is 0 Å². The second kappa shape index (κ2) is 3.26. The zero-order valence-corrected chi connectivity index (χ0v) is 6.92. The van der Waals surface area contributed by atoms with Gasteiger partial charge in [0.1, 0.15) is 5.75 Å². The van der Waals surface area contributed by atoms with Crippen LogP contribution in [0.5, 0.6) is 5.75 Å². The second-order valence-electron chi connectivity index (χ2n) is 2.64. The molecule has 0 atom stereocenters. The molecule has 3 nitrogen and oxygen atoms in total. The maximum atomic E-state index is 11.2. The van der Waals surface area contributed by atoms with Gasteiger partial charge in [-0.3, -0.25) is 4.79 Å². The highest BCUT2D eigenvalue weighted by molar-refractivity contribution is 5.32. The van der Waals surface area contributed by atoms with Gasteiger partial charge in [0.15, 0.2) is 0 Å². The Morgan fingerprint density at radius 3 is 2.92 bits per heavy atom. The Morgan fingerprint density at radius 2 is 2.42 bits per heavy atom. The maximum Gasteiger partial charge on any atom is 0.255 e. The van der Waals surface area contributed by atoms with E-state index in [0.29, 0.717) is 17.7 Å². The van der Waals surface area contributed by atoms with E-state index in [9.17, 15) is 9.90 Å². The Morgan fingerprint density at radius 1 is 1.75 bits per heavy atom. The van der Waals surface area contributed by atoms with Crippen molar-refractivity contribution < 1.29 is 5.11 Å². The van der Waals surface area contributed by atoms with E-state index in [-0.39, 0.29) is 11.3 Å². The molecule has 0 aliphatic carbocycles. The van der Waals surface area contributed by atoms with E-state index in [1.54, 1.807) is 13.0 Å². The molecule has 0 fully saturated rings. The van der Waals surface area contributed by atoms with E-state index in [2.05, 4.69) is 11.6 Å². The molecule has 1 aromatic heterocycles. The average Bonchev–Trinajstić information content (AvgIpc) is 1.96. The monoisotopic (exact) mass is 165 g/mol. The highest BCUT2D eigenvalue weighted by atomic mass is 16.3. The van der Waals surface area contributed by atoms with Crippen LogP contribution in [0, 0.1) is 6.92 Å². The summed E-state index contributed by atoms with van der Waals surface area (Å²) in [7, 11) is 0. The van der Waals surface area contributed by atoms with Crippen molar-refractivity contribution in [2.24, 2.45) is 0 Å². The van der Waals surface area contributed by atoms with Crippen molar-refractivity contribution in [2.75, 3.05) is 0 Å². The van der Waals surface area contributed by atoms with Gasteiger partial charge in [0, 0.05) is 5.69 Å². The molecule has 2 N–H and O–H groups in total. The fraction of sp³-hybridized carbons (Fsp3) is 0.222. The Labute approximate surface area is 70.4 Å². The summed E-state index contributed by atoms with van der Waals surface area (Å²) in [5, 5.41) is 9.34. The van der Waals surface area contributed by atoms with Gasteiger partial charge in [-0.25, -0.2) is 0 Å². The first-order valence-corrected chi connectivity index (χ1v) is 3.68. The van der Waals surface area contributed by atoms with Gasteiger partial charge < -0.3 is 10.1 Å². The molecule has 0 bridgehead atoms. The average molecular weight is 165 g/mol. The molecule has 0 aromatic carbocycles. The molecule has 0 amide bonds. The molecule has 0 saturated carbocycles. The van der Waals surface area contributed by atoms with Gasteiger partial charge >= 0.3 is 0 Å². The Bertz CT molecular complexity index is 352. The number of hydrogen-bond acceptors (Lipinski definition) is 2. The quantitative estimate of drug-likeness (QED) is 0.645. The third-order valence-corrected chi connectivity index (χ3v) is 1.60. The van der Waals surface area contributed by atoms with E-state index in [4.69, 9.17) is 0 Å². The molecule has 1 aromatic rings. The summed E-state index contributed by atoms with van der Waals surface area (Å²) in [6.45, 7) is 5.22. The molecule has 0 radical (unpaired) electrons. The molecule has 1 heterocycles. The summed E-state index contributed by atoms with van der Waals surface area (Å²) in [6.07, 6.45) is 1.97. The Hall–Kier alpha value is -1.51. The van der Waals surface area contributed by atoms with Gasteiger partial charge in [-0.1, -0.05) is 6.08 Å². The van der Waals surface area contributed by atoms with Crippen LogP contribution in [0.2, 0.25) is 0 Å². The van der Waals surface area contributed by atoms with Gasteiger partial charge in [0.25, 0.3) is 5.56 Å². The number of pyridine rings is 1. The normalized spacial score (nSPS) is 9.75. The van der Waals surface area contributed by atoms with Gasteiger partial charge in [0.2, 0.25) is 0 Å². The summed E-state index contributed by atoms with van der Waals surface area (Å²) in [5.74, 6) is 0.0381. The number of aryl methyl sites for hydroxylation is 1. The van der Waals surface area contributed by atoms with Gasteiger partial charge in [0.05, 0.1) is 5.56 Å². The van der Waals surface area contributed by atoms with Crippen molar-refractivity contribution in [3.8, 4) is 5.75 Å². The van der Waals surface area contributed by atoms with Crippen molar-refractivity contribution >= 4 is 0 Å². The van der Waals surface area contributed by atoms with Crippen LogP contribution in [0.25, 0.3) is 0 Å². The van der Waals surface area contributed by atoms with E-state index < -0.39 is 0 Å². The van der Waals surface area contributed by atoms with Crippen LogP contribution in [0.4, 0.5) is 0 Å². The lowest BCUT2D eigenvalue weighted by molar-refractivity contribution is 0.467. The van der Waals surface area contributed by atoms with Crippen molar-refractivity contribution in [1.82, 2.24) is 4.98 Å². The molecular weight excluding hydrogens is 154 g/mol. The number of rotatable bonds is 2. The summed E-state index contributed by atoms with van der Waals surface area (Å²) < 4.78 is 0. The van der Waals surface area contributed by atoms with Crippen LogP contribution in [0.1, 0.15) is 11.3 Å². The number of aromatic amines is 1. The lowest BCUT2D eigenvalue weighted by Crippen LogP contribution is -2.12. The van der Waals surface area contributed by atoms with Crippen molar-refractivity contribution in [3.05, 3.63) is 40.3 Å². The highest BCUT2D eigenvalue weighted by Crippen LogP contribution is 2.12. The predicted octanol–water partition coefficient (Wildman–Crippen LogP) is 1.12. The van der Waals surface area contributed by atoms with E-state index in [0.717, 1.165) is 0 Å². The lowest BCUT2D eigenvalue weighted by Gasteiger charge is -2.00. The summed E-state index contributed by atoms with van der Waals surface area (Å²) in [5.41, 5.74) is 0.785. The lowest BCUT2D eigenvalue weighted by atomic mass is 10.1. The Balaban J connectivity index is 3.28. The molecule has 3 heteroatoms. The van der Waals surface area contributed by atoms with Crippen LogP contribution in [0.15, 0.2) is 23.5 Å². The van der Waals surface area contributed by atoms with Gasteiger partial charge in [-0.15, -0.1) is 6.58 Å². The molecule has 0 spiro atoms. The first-order valence-electron chi connectivity index (χ1n) is 3.68. The SMILES string of the molecule is C=CCc1c(O)cc(C)[nH]c1=O. The van der Waals surface area contributed by atoms with Crippen LogP contribution in [-0.4, -0.2) is 10.1 Å². The summed E-state index contributed by atoms with van der Waals surface area (Å²) >= 11 is 0. The highest BCUT2D eigenvalue weighted by Gasteiger charge is 2.04. The van der Waals surface area contributed by atoms with E-state index in [1.807, 2.05) is 0 Å². The topological polar surface area (TPSA) is 53.1 Å². The first kappa shape index (κ1) is 8.59. The zero-order chi connectivity index (χ0) is 9.14. The summed E-state index contributed by atoms with van der Waals surface area (Å²) in [4.78, 5) is 13.8. The third-order valence-electron chi connectivity index (χ3n) is 1.60. The molecule has 0 unspecified atom stereocenters. The van der Waals surface area contributed by atoms with Crippen LogP contribution in [-0.2, 0) is 6.42 Å². The Kier molecular flexibility index (Phi) is 2.33. The predicted molar refractivity (Wildman–Crippen MR) is 47.4 cm³/mol. The van der Waals surface area contributed by atoms with Gasteiger partial charge in [-0.05, 0) is 19.4 Å². The second-order valence-corrected chi connectivity index (χ2v) is 2.64. The molecule has 0 aliphatic rings. The zero-order valence-electron chi connectivity index (χ0n) is 6.92. The number of hydrogen-bond donors (Lipinski definition) is 2. The van der Waals surface area contributed by atoms with Crippen molar-refractivity contribution in [1.29, 1.82) is 0 Å². The number of H-pyrrole nitrogens is 1. The molecular formula is C9H11NO2. The standard InChI is InChI=1S/C9H11NO2/c1-3-4-7-8(11)5-6(2)10-9(7)12/h3,5H,1,4H2,2H3,(H2,10,11,12). The van der Waals surface area contributed by atoms with Crippen LogP contribution >= 0.6 is 0 Å². The first-order chi connectivity index (χ1) is 5.65. The minimum atomic E-state index is -0.243. The molecule has 0 aliphatic heterocycles. The third kappa shape index (κ3) is 1.56. The minimum absolute atomic E-state index is 0.0381.